The Hall–Kier alpha value is -3.11. The predicted molar refractivity (Wildman–Crippen MR) is 88.7 cm³/mol. The van der Waals surface area contributed by atoms with Crippen molar-refractivity contribution < 1.29 is 9.53 Å². The van der Waals surface area contributed by atoms with Crippen LogP contribution in [-0.2, 0) is 11.3 Å². The Labute approximate surface area is 135 Å². The van der Waals surface area contributed by atoms with Gasteiger partial charge in [-0.05, 0) is 11.6 Å². The zero-order chi connectivity index (χ0) is 16.4. The van der Waals surface area contributed by atoms with Gasteiger partial charge in [-0.25, -0.2) is 9.78 Å². The molecule has 0 saturated carbocycles. The summed E-state index contributed by atoms with van der Waals surface area (Å²) in [7, 11) is 0. The monoisotopic (exact) mass is 324 g/mol. The smallest absolute Gasteiger partial charge is 0.350 e. The van der Waals surface area contributed by atoms with E-state index in [1.807, 2.05) is 36.4 Å². The first-order chi connectivity index (χ1) is 11.1. The van der Waals surface area contributed by atoms with Crippen LogP contribution in [0, 0.1) is 11.3 Å². The zero-order valence-corrected chi connectivity index (χ0v) is 12.8. The number of carbonyl (C=O) groups excluding carboxylic acids is 1. The van der Waals surface area contributed by atoms with Crippen LogP contribution in [0.3, 0.4) is 0 Å². The molecule has 7 heteroatoms. The summed E-state index contributed by atoms with van der Waals surface area (Å²) in [5.74, 6) is -0.406. The van der Waals surface area contributed by atoms with Crippen LogP contribution in [0.2, 0.25) is 0 Å². The number of nitrogens with zero attached hydrogens (tertiary/aromatic N) is 2. The largest absolute Gasteiger partial charge is 0.457 e. The molecule has 0 aliphatic heterocycles. The van der Waals surface area contributed by atoms with E-state index in [1.165, 1.54) is 6.07 Å². The number of rotatable bonds is 3. The fraction of sp³-hybridized carbons (Fsp3) is 0.0625. The topological polar surface area (TPSA) is 115 Å². The molecule has 23 heavy (non-hydrogen) atoms. The lowest BCUT2D eigenvalue weighted by atomic mass is 10.2. The van der Waals surface area contributed by atoms with E-state index in [0.717, 1.165) is 16.9 Å². The third-order valence-electron chi connectivity index (χ3n) is 3.27. The zero-order valence-electron chi connectivity index (χ0n) is 11.9. The maximum atomic E-state index is 12.2. The van der Waals surface area contributed by atoms with Gasteiger partial charge >= 0.3 is 5.97 Å². The Bertz CT molecular complexity index is 929. The van der Waals surface area contributed by atoms with Gasteiger partial charge in [0.15, 0.2) is 0 Å². The van der Waals surface area contributed by atoms with Crippen LogP contribution in [-0.4, -0.2) is 11.0 Å². The summed E-state index contributed by atoms with van der Waals surface area (Å²) in [4.78, 5) is 17.1. The molecule has 0 bridgehead atoms. The average molecular weight is 324 g/mol. The first-order valence-corrected chi connectivity index (χ1v) is 7.51. The van der Waals surface area contributed by atoms with Gasteiger partial charge < -0.3 is 16.2 Å². The lowest BCUT2D eigenvalue weighted by Crippen LogP contribution is -2.05. The van der Waals surface area contributed by atoms with Crippen LogP contribution in [0.1, 0.15) is 20.8 Å². The van der Waals surface area contributed by atoms with Crippen molar-refractivity contribution in [3.63, 3.8) is 0 Å². The summed E-state index contributed by atoms with van der Waals surface area (Å²) in [5.41, 5.74) is 13.1. The van der Waals surface area contributed by atoms with Crippen molar-refractivity contribution >= 4 is 39.0 Å². The van der Waals surface area contributed by atoms with Crippen LogP contribution < -0.4 is 11.5 Å². The van der Waals surface area contributed by atoms with Crippen LogP contribution in [0.4, 0.5) is 11.5 Å². The molecule has 3 rings (SSSR count). The van der Waals surface area contributed by atoms with Gasteiger partial charge in [0.25, 0.3) is 0 Å². The standard InChI is InChI=1S/C16H12N4O2S/c17-7-10-6-11-12(18)13(23-15(11)20-14(10)19)16(21)22-8-9-4-2-1-3-5-9/h1-6H,8,18H2,(H2,19,20). The first-order valence-electron chi connectivity index (χ1n) is 6.69. The highest BCUT2D eigenvalue weighted by molar-refractivity contribution is 7.21. The van der Waals surface area contributed by atoms with E-state index in [9.17, 15) is 4.79 Å². The van der Waals surface area contributed by atoms with E-state index in [1.54, 1.807) is 0 Å². The van der Waals surface area contributed by atoms with E-state index < -0.39 is 5.97 Å². The van der Waals surface area contributed by atoms with Crippen LogP contribution in [0.5, 0.6) is 0 Å². The van der Waals surface area contributed by atoms with Gasteiger partial charge in [-0.3, -0.25) is 0 Å². The molecule has 0 saturated heterocycles. The highest BCUT2D eigenvalue weighted by Gasteiger charge is 2.20. The van der Waals surface area contributed by atoms with E-state index in [-0.39, 0.29) is 28.6 Å². The number of pyridine rings is 1. The number of nitrogen functional groups attached to an aromatic ring is 2. The van der Waals surface area contributed by atoms with Gasteiger partial charge in [-0.2, -0.15) is 5.26 Å². The Kier molecular flexibility index (Phi) is 3.83. The Balaban J connectivity index is 1.89. The van der Waals surface area contributed by atoms with Crippen LogP contribution in [0.15, 0.2) is 36.4 Å². The number of benzene rings is 1. The highest BCUT2D eigenvalue weighted by atomic mass is 32.1. The molecular weight excluding hydrogens is 312 g/mol. The molecule has 1 aromatic carbocycles. The third-order valence-corrected chi connectivity index (χ3v) is 4.36. The molecule has 2 heterocycles. The van der Waals surface area contributed by atoms with Crippen LogP contribution >= 0.6 is 11.3 Å². The average Bonchev–Trinajstić information content (AvgIpc) is 2.89. The van der Waals surface area contributed by atoms with E-state index in [2.05, 4.69) is 4.98 Å². The maximum Gasteiger partial charge on any atom is 0.350 e. The van der Waals surface area contributed by atoms with E-state index in [0.29, 0.717) is 10.2 Å². The molecule has 3 aromatic rings. The summed E-state index contributed by atoms with van der Waals surface area (Å²) >= 11 is 1.10. The number of nitriles is 1. The van der Waals surface area contributed by atoms with Gasteiger partial charge in [0.2, 0.25) is 0 Å². The Morgan fingerprint density at radius 1 is 1.30 bits per heavy atom. The van der Waals surface area contributed by atoms with Crippen molar-refractivity contribution in [2.24, 2.45) is 0 Å². The quantitative estimate of drug-likeness (QED) is 0.716. The first kappa shape index (κ1) is 14.8. The normalized spacial score (nSPS) is 10.4. The summed E-state index contributed by atoms with van der Waals surface area (Å²) in [6, 6.07) is 12.8. The summed E-state index contributed by atoms with van der Waals surface area (Å²) in [5, 5.41) is 9.53. The summed E-state index contributed by atoms with van der Waals surface area (Å²) in [6.45, 7) is 0.159. The van der Waals surface area contributed by atoms with Gasteiger partial charge in [-0.1, -0.05) is 30.3 Å². The van der Waals surface area contributed by atoms with Crippen LogP contribution in [0.25, 0.3) is 10.2 Å². The second kappa shape index (κ2) is 5.94. The lowest BCUT2D eigenvalue weighted by molar-refractivity contribution is 0.0480. The molecule has 4 N–H and O–H groups in total. The molecule has 0 radical (unpaired) electrons. The molecular formula is C16H12N4O2S. The SMILES string of the molecule is N#Cc1cc2c(N)c(C(=O)OCc3ccccc3)sc2nc1N. The van der Waals surface area contributed by atoms with Crippen molar-refractivity contribution in [3.8, 4) is 6.07 Å². The molecule has 114 valence electrons. The van der Waals surface area contributed by atoms with Crippen molar-refractivity contribution in [1.29, 1.82) is 5.26 Å². The molecule has 0 atom stereocenters. The number of nitrogens with two attached hydrogens (primary N) is 2. The minimum Gasteiger partial charge on any atom is -0.457 e. The van der Waals surface area contributed by atoms with Crippen molar-refractivity contribution in [3.05, 3.63) is 52.4 Å². The Morgan fingerprint density at radius 3 is 2.74 bits per heavy atom. The Morgan fingerprint density at radius 2 is 2.04 bits per heavy atom. The van der Waals surface area contributed by atoms with Gasteiger partial charge in [0.05, 0.1) is 11.3 Å². The molecule has 0 aliphatic rings. The second-order valence-corrected chi connectivity index (χ2v) is 5.79. The number of hydrogen-bond acceptors (Lipinski definition) is 7. The number of fused-ring (bicyclic) bond motifs is 1. The second-order valence-electron chi connectivity index (χ2n) is 4.79. The molecule has 2 aromatic heterocycles. The van der Waals surface area contributed by atoms with Gasteiger partial charge in [0.1, 0.15) is 28.2 Å². The molecule has 0 aliphatic carbocycles. The van der Waals surface area contributed by atoms with Crippen molar-refractivity contribution in [1.82, 2.24) is 4.98 Å². The highest BCUT2D eigenvalue weighted by Crippen LogP contribution is 2.34. The van der Waals surface area contributed by atoms with Gasteiger partial charge in [0, 0.05) is 5.39 Å². The van der Waals surface area contributed by atoms with E-state index >= 15 is 0 Å². The van der Waals surface area contributed by atoms with Crippen molar-refractivity contribution in [2.45, 2.75) is 6.61 Å². The third kappa shape index (κ3) is 2.80. The molecule has 0 unspecified atom stereocenters. The predicted octanol–water partition coefficient (Wildman–Crippen LogP) is 2.69. The molecule has 0 spiro atoms. The lowest BCUT2D eigenvalue weighted by Gasteiger charge is -2.03. The fourth-order valence-corrected chi connectivity index (χ4v) is 3.06. The number of ether oxygens (including phenoxy) is 1. The number of thiophene rings is 1. The molecule has 0 fully saturated rings. The minimum absolute atomic E-state index is 0.116. The number of esters is 1. The number of anilines is 2. The van der Waals surface area contributed by atoms with E-state index in [4.69, 9.17) is 21.5 Å². The number of carbonyl (C=O) groups is 1. The minimum atomic E-state index is -0.522. The molecule has 6 nitrogen and oxygen atoms in total. The number of hydrogen-bond donors (Lipinski definition) is 2. The summed E-state index contributed by atoms with van der Waals surface area (Å²) < 4.78 is 5.28. The molecule has 0 amide bonds. The van der Waals surface area contributed by atoms with Crippen molar-refractivity contribution in [2.75, 3.05) is 11.5 Å². The maximum absolute atomic E-state index is 12.2. The number of aromatic nitrogens is 1. The summed E-state index contributed by atoms with van der Waals surface area (Å²) in [6.07, 6.45) is 0. The van der Waals surface area contributed by atoms with Gasteiger partial charge in [-0.15, -0.1) is 11.3 Å². The fourth-order valence-electron chi connectivity index (χ4n) is 2.08.